The molecule has 5 nitrogen and oxygen atoms in total. The summed E-state index contributed by atoms with van der Waals surface area (Å²) < 4.78 is 0. The SMILES string of the molecule is O=C(O)c1ccccc1CCN1C(c2ccc3ccccc3c2)=NNC1S. The van der Waals surface area contributed by atoms with Crippen molar-refractivity contribution in [1.82, 2.24) is 10.3 Å². The first kappa shape index (κ1) is 17.4. The molecule has 27 heavy (non-hydrogen) atoms. The molecule has 0 bridgehead atoms. The minimum absolute atomic E-state index is 0.247. The third kappa shape index (κ3) is 3.48. The van der Waals surface area contributed by atoms with E-state index in [0.717, 1.165) is 22.3 Å². The van der Waals surface area contributed by atoms with E-state index in [1.54, 1.807) is 12.1 Å². The molecule has 3 aromatic rings. The maximum absolute atomic E-state index is 11.4. The Labute approximate surface area is 162 Å². The molecule has 1 atom stereocenters. The number of rotatable bonds is 5. The average Bonchev–Trinajstić information content (AvgIpc) is 3.06. The third-order valence-corrected chi connectivity index (χ3v) is 5.12. The van der Waals surface area contributed by atoms with Crippen LogP contribution in [0.25, 0.3) is 10.8 Å². The van der Waals surface area contributed by atoms with Crippen LogP contribution >= 0.6 is 12.6 Å². The topological polar surface area (TPSA) is 64.9 Å². The summed E-state index contributed by atoms with van der Waals surface area (Å²) in [5.74, 6) is -0.0930. The molecule has 6 heteroatoms. The highest BCUT2D eigenvalue weighted by Gasteiger charge is 2.26. The van der Waals surface area contributed by atoms with Gasteiger partial charge in [0.15, 0.2) is 11.3 Å². The highest BCUT2D eigenvalue weighted by molar-refractivity contribution is 7.80. The number of nitrogens with one attached hydrogen (secondary N) is 1. The smallest absolute Gasteiger partial charge is 0.335 e. The fourth-order valence-corrected chi connectivity index (χ4v) is 3.63. The number of amidine groups is 1. The van der Waals surface area contributed by atoms with E-state index < -0.39 is 5.97 Å². The number of thiol groups is 1. The summed E-state index contributed by atoms with van der Waals surface area (Å²) in [6.45, 7) is 0.608. The summed E-state index contributed by atoms with van der Waals surface area (Å²) in [5, 5.41) is 16.1. The van der Waals surface area contributed by atoms with Crippen molar-refractivity contribution in [3.05, 3.63) is 83.4 Å². The molecule has 136 valence electrons. The average molecular weight is 377 g/mol. The molecule has 0 spiro atoms. The van der Waals surface area contributed by atoms with Crippen molar-refractivity contribution in [3.8, 4) is 0 Å². The molecule has 1 heterocycles. The number of benzene rings is 3. The van der Waals surface area contributed by atoms with E-state index in [1.807, 2.05) is 35.2 Å². The number of fused-ring (bicyclic) bond motifs is 1. The normalized spacial score (nSPS) is 16.3. The Bertz CT molecular complexity index is 1030. The summed E-state index contributed by atoms with van der Waals surface area (Å²) in [5.41, 5.74) is 4.90. The van der Waals surface area contributed by atoms with Gasteiger partial charge < -0.3 is 10.0 Å². The van der Waals surface area contributed by atoms with Crippen LogP contribution in [0, 0.1) is 0 Å². The monoisotopic (exact) mass is 377 g/mol. The largest absolute Gasteiger partial charge is 0.478 e. The van der Waals surface area contributed by atoms with Crippen molar-refractivity contribution in [2.75, 3.05) is 6.54 Å². The van der Waals surface area contributed by atoms with E-state index in [4.69, 9.17) is 0 Å². The Balaban J connectivity index is 1.58. The molecule has 1 unspecified atom stereocenters. The minimum Gasteiger partial charge on any atom is -0.478 e. The van der Waals surface area contributed by atoms with Crippen molar-refractivity contribution in [2.45, 2.75) is 11.9 Å². The van der Waals surface area contributed by atoms with Gasteiger partial charge in [0, 0.05) is 12.1 Å². The molecule has 1 aliphatic rings. The lowest BCUT2D eigenvalue weighted by Gasteiger charge is -2.24. The fraction of sp³-hybridized carbons (Fsp3) is 0.143. The molecule has 0 aliphatic carbocycles. The molecule has 0 saturated carbocycles. The molecule has 3 aromatic carbocycles. The summed E-state index contributed by atoms with van der Waals surface area (Å²) in [6.07, 6.45) is 0.591. The lowest BCUT2D eigenvalue weighted by molar-refractivity contribution is 0.0695. The molecule has 0 amide bonds. The van der Waals surface area contributed by atoms with Crippen molar-refractivity contribution in [3.63, 3.8) is 0 Å². The first-order chi connectivity index (χ1) is 13.1. The van der Waals surface area contributed by atoms with E-state index in [2.05, 4.69) is 47.4 Å². The molecule has 0 aromatic heterocycles. The number of carboxylic acid groups (broad SMARTS) is 1. The first-order valence-electron chi connectivity index (χ1n) is 8.72. The van der Waals surface area contributed by atoms with Crippen LogP contribution in [0.2, 0.25) is 0 Å². The van der Waals surface area contributed by atoms with E-state index in [-0.39, 0.29) is 5.50 Å². The van der Waals surface area contributed by atoms with Crippen LogP contribution in [0.5, 0.6) is 0 Å². The Hall–Kier alpha value is -2.99. The quantitative estimate of drug-likeness (QED) is 0.595. The van der Waals surface area contributed by atoms with E-state index >= 15 is 0 Å². The Morgan fingerprint density at radius 2 is 1.81 bits per heavy atom. The number of carboxylic acids is 1. The minimum atomic E-state index is -0.906. The maximum atomic E-state index is 11.4. The number of hydrogen-bond donors (Lipinski definition) is 3. The highest BCUT2D eigenvalue weighted by Crippen LogP contribution is 2.21. The second-order valence-corrected chi connectivity index (χ2v) is 6.89. The summed E-state index contributed by atoms with van der Waals surface area (Å²) in [7, 11) is 0. The molecule has 0 saturated heterocycles. The molecule has 2 N–H and O–H groups in total. The van der Waals surface area contributed by atoms with Gasteiger partial charge in [-0.15, -0.1) is 12.6 Å². The third-order valence-electron chi connectivity index (χ3n) is 4.73. The van der Waals surface area contributed by atoms with Crippen molar-refractivity contribution in [2.24, 2.45) is 5.10 Å². The fourth-order valence-electron chi connectivity index (χ4n) is 3.34. The molecule has 4 rings (SSSR count). The second kappa shape index (κ2) is 7.32. The van der Waals surface area contributed by atoms with Gasteiger partial charge in [-0.25, -0.2) is 4.79 Å². The van der Waals surface area contributed by atoms with E-state index in [9.17, 15) is 9.90 Å². The number of hydrazone groups is 1. The maximum Gasteiger partial charge on any atom is 0.335 e. The Morgan fingerprint density at radius 3 is 2.63 bits per heavy atom. The van der Waals surface area contributed by atoms with Crippen LogP contribution in [-0.2, 0) is 6.42 Å². The van der Waals surface area contributed by atoms with Gasteiger partial charge in [0.25, 0.3) is 0 Å². The lowest BCUT2D eigenvalue weighted by atomic mass is 10.0. The second-order valence-electron chi connectivity index (χ2n) is 6.41. The zero-order valence-corrected chi connectivity index (χ0v) is 15.4. The van der Waals surface area contributed by atoms with Gasteiger partial charge >= 0.3 is 5.97 Å². The van der Waals surface area contributed by atoms with Crippen LogP contribution in [0.4, 0.5) is 0 Å². The molecule has 0 fully saturated rings. The van der Waals surface area contributed by atoms with Crippen LogP contribution in [-0.4, -0.2) is 33.9 Å². The standard InChI is InChI=1S/C21H19N3O2S/c25-20(26)18-8-4-3-6-15(18)11-12-24-19(22-23-21(24)27)17-10-9-14-5-1-2-7-16(14)13-17/h1-10,13,21,23,27H,11-12H2,(H,25,26). The predicted molar refractivity (Wildman–Crippen MR) is 110 cm³/mol. The van der Waals surface area contributed by atoms with Gasteiger partial charge in [0.05, 0.1) is 5.56 Å². The van der Waals surface area contributed by atoms with Gasteiger partial charge in [0.1, 0.15) is 0 Å². The van der Waals surface area contributed by atoms with Crippen molar-refractivity contribution < 1.29 is 9.90 Å². The van der Waals surface area contributed by atoms with Crippen LogP contribution in [0.3, 0.4) is 0 Å². The number of aromatic carboxylic acids is 1. The first-order valence-corrected chi connectivity index (χ1v) is 9.23. The summed E-state index contributed by atoms with van der Waals surface area (Å²) in [6, 6.07) is 21.5. The molecule has 1 aliphatic heterocycles. The molecule has 0 radical (unpaired) electrons. The van der Waals surface area contributed by atoms with Gasteiger partial charge in [-0.05, 0) is 34.9 Å². The number of nitrogens with zero attached hydrogens (tertiary/aromatic N) is 2. The van der Waals surface area contributed by atoms with Crippen molar-refractivity contribution >= 4 is 35.2 Å². The van der Waals surface area contributed by atoms with E-state index in [0.29, 0.717) is 18.5 Å². The predicted octanol–water partition coefficient (Wildman–Crippen LogP) is 3.56. The van der Waals surface area contributed by atoms with Gasteiger partial charge in [0.2, 0.25) is 0 Å². The lowest BCUT2D eigenvalue weighted by Crippen LogP contribution is -2.38. The van der Waals surface area contributed by atoms with Crippen molar-refractivity contribution in [1.29, 1.82) is 0 Å². The summed E-state index contributed by atoms with van der Waals surface area (Å²) >= 11 is 4.57. The van der Waals surface area contributed by atoms with Gasteiger partial charge in [-0.1, -0.05) is 54.6 Å². The highest BCUT2D eigenvalue weighted by atomic mass is 32.1. The van der Waals surface area contributed by atoms with Crippen LogP contribution in [0.1, 0.15) is 21.5 Å². The Kier molecular flexibility index (Phi) is 4.73. The Morgan fingerprint density at radius 1 is 1.07 bits per heavy atom. The zero-order chi connectivity index (χ0) is 18.8. The number of carbonyl (C=O) groups is 1. The van der Waals surface area contributed by atoms with Gasteiger partial charge in [-0.2, -0.15) is 5.10 Å². The van der Waals surface area contributed by atoms with E-state index in [1.165, 1.54) is 5.39 Å². The van der Waals surface area contributed by atoms with Gasteiger partial charge in [-0.3, -0.25) is 5.43 Å². The molecular formula is C21H19N3O2S. The molecular weight excluding hydrogens is 358 g/mol. The van der Waals surface area contributed by atoms with Crippen LogP contribution in [0.15, 0.2) is 71.8 Å². The summed E-state index contributed by atoms with van der Waals surface area (Å²) in [4.78, 5) is 13.5. The zero-order valence-electron chi connectivity index (χ0n) is 14.5. The number of hydrogen-bond acceptors (Lipinski definition) is 5. The van der Waals surface area contributed by atoms with Crippen LogP contribution < -0.4 is 5.43 Å².